The number of phenolic OH excluding ortho intramolecular Hbond substituents is 1. The predicted molar refractivity (Wildman–Crippen MR) is 216 cm³/mol. The fourth-order valence-corrected chi connectivity index (χ4v) is 7.00. The second-order valence-electron chi connectivity index (χ2n) is 13.5. The molecule has 0 bridgehead atoms. The lowest BCUT2D eigenvalue weighted by Crippen LogP contribution is -2.37. The molecule has 2 heterocycles. The molecule has 1 fully saturated rings. The molecule has 0 amide bonds. The van der Waals surface area contributed by atoms with E-state index >= 15 is 4.39 Å². The summed E-state index contributed by atoms with van der Waals surface area (Å²) in [7, 11) is 7.66. The zero-order valence-electron chi connectivity index (χ0n) is 33.6. The van der Waals surface area contributed by atoms with E-state index in [4.69, 9.17) is 10.1 Å². The number of hydrogen-bond acceptors (Lipinski definition) is 9. The Bertz CT molecular complexity index is 1740. The minimum Gasteiger partial charge on any atom is -0.507 e. The number of halogens is 2. The van der Waals surface area contributed by atoms with Crippen molar-refractivity contribution in [1.82, 2.24) is 15.1 Å². The quantitative estimate of drug-likeness (QED) is 0.105. The van der Waals surface area contributed by atoms with Crippen LogP contribution in [-0.2, 0) is 4.74 Å². The minimum absolute atomic E-state index is 0.0175. The molecule has 2 aliphatic rings. The molecule has 8 nitrogen and oxygen atoms in total. The van der Waals surface area contributed by atoms with Crippen LogP contribution >= 0.6 is 11.8 Å². The zero-order chi connectivity index (χ0) is 39.7. The van der Waals surface area contributed by atoms with E-state index in [1.165, 1.54) is 38.8 Å². The third-order valence-corrected chi connectivity index (χ3v) is 10.1. The van der Waals surface area contributed by atoms with Gasteiger partial charge in [-0.05, 0) is 82.4 Å². The number of anilines is 1. The summed E-state index contributed by atoms with van der Waals surface area (Å²) in [6, 6.07) is 6.89. The van der Waals surface area contributed by atoms with Gasteiger partial charge in [0.2, 0.25) is 0 Å². The number of nitrogens with zero attached hydrogens (tertiary/aromatic N) is 3. The SMILES string of the molecule is C=CCC.CC.CNC1CCN(C)C1.COCNc1c(F)/c(=c2/ccc(F)c3c2=C(C#N)C(=N)S3)c(O)c/c1=C(/C)N(C)C(CCC(C)C)C(C)C. The summed E-state index contributed by atoms with van der Waals surface area (Å²) in [6.45, 7) is 22.6. The molecule has 0 aromatic heterocycles. The standard InChI is InChI=1S/C29H36F2N4O2S.C6H14N2.C4H8.C2H6/c1-15(2)8-11-22(16(3)4)35(6)17(5)19-12-23(36)25(26(31)27(19)34-14-37-7)18-9-10-21(30)28-24(18)20(13-32)29(33)38-28;1-7-6-3-4-8(2)5-6;1-3-4-2;1-2/h9-10,12,15-16,22,33-34,36H,8,11,14H2,1-7H3;6-7H,3-5H2,1-2H3;3H,1,4H2,2H3;1-2H3/b19-17+,25-18-,33-29?;;;. The number of phenols is 1. The van der Waals surface area contributed by atoms with Gasteiger partial charge in [0.05, 0.1) is 21.4 Å². The number of hydrogen-bond donors (Lipinski definition) is 4. The Kier molecular flexibility index (Phi) is 20.9. The first-order valence-corrected chi connectivity index (χ1v) is 19.2. The summed E-state index contributed by atoms with van der Waals surface area (Å²) in [5.74, 6) is -0.799. The first kappa shape index (κ1) is 46.6. The Morgan fingerprint density at radius 3 is 2.33 bits per heavy atom. The summed E-state index contributed by atoms with van der Waals surface area (Å²) < 4.78 is 36.1. The Hall–Kier alpha value is -3.43. The van der Waals surface area contributed by atoms with Crippen molar-refractivity contribution in [3.8, 4) is 11.8 Å². The van der Waals surface area contributed by atoms with Gasteiger partial charge in [0.25, 0.3) is 0 Å². The first-order chi connectivity index (χ1) is 24.7. The fourth-order valence-electron chi connectivity index (χ4n) is 6.07. The number of ether oxygens (including phenoxy) is 1. The van der Waals surface area contributed by atoms with Gasteiger partial charge in [-0.25, -0.2) is 8.78 Å². The molecule has 52 heavy (non-hydrogen) atoms. The highest BCUT2D eigenvalue weighted by atomic mass is 32.2. The number of likely N-dealkylation sites (N-methyl/N-ethyl adjacent to an activating group) is 2. The molecule has 11 heteroatoms. The van der Waals surface area contributed by atoms with Gasteiger partial charge in [0.15, 0.2) is 5.82 Å². The Balaban J connectivity index is 0.000000812. The fraction of sp³-hybridized carbons (Fsp3) is 0.561. The molecule has 2 unspecified atom stereocenters. The van der Waals surface area contributed by atoms with Crippen molar-refractivity contribution in [3.63, 3.8) is 0 Å². The second-order valence-corrected chi connectivity index (χ2v) is 14.6. The van der Waals surface area contributed by atoms with Gasteiger partial charge in [-0.1, -0.05) is 72.4 Å². The molecule has 4 rings (SSSR count). The third kappa shape index (κ3) is 12.3. The second kappa shape index (κ2) is 23.3. The maximum atomic E-state index is 16.4. The number of nitriles is 1. The molecule has 0 saturated carbocycles. The van der Waals surface area contributed by atoms with Crippen LogP contribution in [0.25, 0.3) is 11.3 Å². The molecule has 0 radical (unpaired) electrons. The van der Waals surface area contributed by atoms with Crippen LogP contribution in [0.15, 0.2) is 35.7 Å². The van der Waals surface area contributed by atoms with Crippen molar-refractivity contribution in [3.05, 3.63) is 63.4 Å². The van der Waals surface area contributed by atoms with Crippen LogP contribution in [0.3, 0.4) is 0 Å². The van der Waals surface area contributed by atoms with Crippen molar-refractivity contribution < 1.29 is 18.6 Å². The molecular weight excluding hydrogens is 679 g/mol. The highest BCUT2D eigenvalue weighted by Crippen LogP contribution is 2.30. The number of fused-ring (bicyclic) bond motifs is 1. The van der Waals surface area contributed by atoms with Gasteiger partial charge in [-0.15, -0.1) is 6.58 Å². The van der Waals surface area contributed by atoms with Crippen molar-refractivity contribution >= 4 is 33.8 Å². The minimum atomic E-state index is -0.748. The van der Waals surface area contributed by atoms with E-state index in [1.54, 1.807) is 0 Å². The Morgan fingerprint density at radius 1 is 1.23 bits per heavy atom. The van der Waals surface area contributed by atoms with Crippen LogP contribution < -0.4 is 21.1 Å². The van der Waals surface area contributed by atoms with Crippen molar-refractivity contribution in [2.75, 3.05) is 53.4 Å². The number of likely N-dealkylation sites (tertiary alicyclic amines) is 1. The number of benzene rings is 2. The average molecular weight is 743 g/mol. The zero-order valence-corrected chi connectivity index (χ0v) is 34.5. The molecule has 4 N–H and O–H groups in total. The summed E-state index contributed by atoms with van der Waals surface area (Å²) >= 11 is 0.812. The molecule has 1 saturated heterocycles. The third-order valence-electron chi connectivity index (χ3n) is 9.12. The molecule has 290 valence electrons. The number of nitrogens with one attached hydrogen (secondary N) is 3. The molecule has 2 aromatic rings. The number of allylic oxidation sites excluding steroid dienone is 1. The number of aromatic hydroxyl groups is 1. The number of thioether (sulfide) groups is 1. The van der Waals surface area contributed by atoms with Crippen LogP contribution in [0, 0.1) is 50.6 Å². The van der Waals surface area contributed by atoms with Crippen molar-refractivity contribution in [2.24, 2.45) is 11.8 Å². The summed E-state index contributed by atoms with van der Waals surface area (Å²) in [5, 5.41) is 35.6. The summed E-state index contributed by atoms with van der Waals surface area (Å²) in [5.41, 5.74) is 0.853. The summed E-state index contributed by atoms with van der Waals surface area (Å²) in [4.78, 5) is 4.56. The Morgan fingerprint density at radius 2 is 1.87 bits per heavy atom. The van der Waals surface area contributed by atoms with Gasteiger partial charge in [-0.2, -0.15) is 5.26 Å². The van der Waals surface area contributed by atoms with Gasteiger partial charge < -0.3 is 30.3 Å². The van der Waals surface area contributed by atoms with Crippen LogP contribution in [-0.4, -0.2) is 80.1 Å². The predicted octanol–water partition coefficient (Wildman–Crippen LogP) is 7.77. The Labute approximate surface area is 315 Å². The van der Waals surface area contributed by atoms with E-state index in [-0.39, 0.29) is 55.4 Å². The maximum absolute atomic E-state index is 16.4. The average Bonchev–Trinajstić information content (AvgIpc) is 3.71. The van der Waals surface area contributed by atoms with Crippen LogP contribution in [0.4, 0.5) is 14.5 Å². The highest BCUT2D eigenvalue weighted by molar-refractivity contribution is 8.15. The van der Waals surface area contributed by atoms with Crippen LogP contribution in [0.2, 0.25) is 0 Å². The topological polar surface area (TPSA) is 108 Å². The van der Waals surface area contributed by atoms with Gasteiger partial charge in [0, 0.05) is 48.9 Å². The van der Waals surface area contributed by atoms with E-state index in [1.807, 2.05) is 47.0 Å². The lowest BCUT2D eigenvalue weighted by molar-refractivity contribution is 0.220. The molecule has 2 aromatic carbocycles. The number of rotatable bonds is 11. The van der Waals surface area contributed by atoms with Gasteiger partial charge in [-0.3, -0.25) is 5.41 Å². The van der Waals surface area contributed by atoms with E-state index in [9.17, 15) is 14.8 Å². The van der Waals surface area contributed by atoms with Gasteiger partial charge >= 0.3 is 0 Å². The normalized spacial score (nSPS) is 16.8. The molecule has 0 aliphatic carbocycles. The number of methoxy groups -OCH3 is 1. The van der Waals surface area contributed by atoms with E-state index < -0.39 is 11.6 Å². The van der Waals surface area contributed by atoms with Gasteiger partial charge in [0.1, 0.15) is 29.4 Å². The van der Waals surface area contributed by atoms with E-state index in [2.05, 4.69) is 68.7 Å². The largest absolute Gasteiger partial charge is 0.507 e. The van der Waals surface area contributed by atoms with Crippen molar-refractivity contribution in [1.29, 1.82) is 10.7 Å². The monoisotopic (exact) mass is 742 g/mol. The van der Waals surface area contributed by atoms with E-state index in [0.717, 1.165) is 48.8 Å². The molecular formula is C41H64F2N6O2S. The maximum Gasteiger partial charge on any atom is 0.158 e. The van der Waals surface area contributed by atoms with Crippen LogP contribution in [0.1, 0.15) is 81.1 Å². The molecule has 0 spiro atoms. The lowest BCUT2D eigenvalue weighted by atomic mass is 9.93. The first-order valence-electron chi connectivity index (χ1n) is 18.4. The smallest absolute Gasteiger partial charge is 0.158 e. The lowest BCUT2D eigenvalue weighted by Gasteiger charge is -2.34. The van der Waals surface area contributed by atoms with E-state index in [0.29, 0.717) is 17.1 Å². The molecule has 2 atom stereocenters. The van der Waals surface area contributed by atoms with Crippen molar-refractivity contribution in [2.45, 2.75) is 98.1 Å². The molecule has 2 aliphatic heterocycles. The summed E-state index contributed by atoms with van der Waals surface area (Å²) in [6.07, 6.45) is 6.29. The highest BCUT2D eigenvalue weighted by Gasteiger charge is 2.25. The van der Waals surface area contributed by atoms with Crippen LogP contribution in [0.5, 0.6) is 5.75 Å².